The van der Waals surface area contributed by atoms with Crippen LogP contribution < -0.4 is 0 Å². The molecular formula is C11H19ClO2S. The minimum Gasteiger partial charge on any atom is -0.212 e. The van der Waals surface area contributed by atoms with Crippen LogP contribution in [0.4, 0.5) is 0 Å². The van der Waals surface area contributed by atoms with Crippen LogP contribution in [0, 0.1) is 17.8 Å². The lowest BCUT2D eigenvalue weighted by Crippen LogP contribution is -2.34. The van der Waals surface area contributed by atoms with Crippen molar-refractivity contribution in [3.05, 3.63) is 0 Å². The van der Waals surface area contributed by atoms with Crippen LogP contribution >= 0.6 is 10.7 Å². The van der Waals surface area contributed by atoms with Crippen molar-refractivity contribution in [1.82, 2.24) is 0 Å². The zero-order chi connectivity index (χ0) is 11.3. The lowest BCUT2D eigenvalue weighted by molar-refractivity contribution is 0.198. The predicted molar refractivity (Wildman–Crippen MR) is 62.4 cm³/mol. The molecule has 2 aliphatic rings. The van der Waals surface area contributed by atoms with Gasteiger partial charge < -0.3 is 0 Å². The maximum atomic E-state index is 11.6. The Morgan fingerprint density at radius 3 is 2.13 bits per heavy atom. The first-order valence-corrected chi connectivity index (χ1v) is 8.12. The molecule has 0 saturated heterocycles. The van der Waals surface area contributed by atoms with Gasteiger partial charge in [-0.05, 0) is 43.4 Å². The highest BCUT2D eigenvalue weighted by molar-refractivity contribution is 8.15. The summed E-state index contributed by atoms with van der Waals surface area (Å²) in [7, 11) is 2.22. The van der Waals surface area contributed by atoms with Crippen molar-refractivity contribution < 1.29 is 8.42 Å². The molecule has 2 aliphatic carbocycles. The van der Waals surface area contributed by atoms with Crippen LogP contribution in [0.5, 0.6) is 0 Å². The highest BCUT2D eigenvalue weighted by atomic mass is 35.7. The second kappa shape index (κ2) is 3.63. The van der Waals surface area contributed by atoms with E-state index in [1.54, 1.807) is 0 Å². The molecule has 3 atom stereocenters. The van der Waals surface area contributed by atoms with Crippen molar-refractivity contribution in [2.45, 2.75) is 50.7 Å². The van der Waals surface area contributed by atoms with Crippen molar-refractivity contribution in [1.29, 1.82) is 0 Å². The van der Waals surface area contributed by atoms with Gasteiger partial charge in [-0.25, -0.2) is 8.42 Å². The van der Waals surface area contributed by atoms with Gasteiger partial charge in [-0.3, -0.25) is 0 Å². The van der Waals surface area contributed by atoms with Gasteiger partial charge in [-0.2, -0.15) is 0 Å². The number of hydrogen-bond acceptors (Lipinski definition) is 2. The minimum atomic E-state index is -3.36. The van der Waals surface area contributed by atoms with Gasteiger partial charge >= 0.3 is 0 Å². The van der Waals surface area contributed by atoms with Crippen molar-refractivity contribution >= 4 is 19.7 Å². The standard InChI is InChI=1S/C11H19ClO2S/c1-8-3-4-10(7-9(8)2)11(5-6-11)15(12,13)14/h8-10H,3-7H2,1-2H3. The van der Waals surface area contributed by atoms with E-state index in [9.17, 15) is 8.42 Å². The fourth-order valence-corrected chi connectivity index (χ4v) is 5.04. The quantitative estimate of drug-likeness (QED) is 0.706. The molecule has 0 aromatic carbocycles. The Labute approximate surface area is 96.8 Å². The molecule has 0 aliphatic heterocycles. The summed E-state index contributed by atoms with van der Waals surface area (Å²) in [4.78, 5) is 0. The predicted octanol–water partition coefficient (Wildman–Crippen LogP) is 3.16. The molecular weight excluding hydrogens is 232 g/mol. The second-order valence-corrected chi connectivity index (χ2v) is 8.37. The third-order valence-corrected chi connectivity index (χ3v) is 7.21. The smallest absolute Gasteiger partial charge is 0.212 e. The monoisotopic (exact) mass is 250 g/mol. The Balaban J connectivity index is 2.13. The highest BCUT2D eigenvalue weighted by Crippen LogP contribution is 2.56. The summed E-state index contributed by atoms with van der Waals surface area (Å²) >= 11 is 0. The van der Waals surface area contributed by atoms with Crippen LogP contribution in [0.1, 0.15) is 46.0 Å². The Morgan fingerprint density at radius 1 is 1.13 bits per heavy atom. The molecule has 0 spiro atoms. The molecule has 0 aromatic rings. The van der Waals surface area contributed by atoms with Crippen molar-refractivity contribution in [2.24, 2.45) is 17.8 Å². The molecule has 2 nitrogen and oxygen atoms in total. The molecule has 0 N–H and O–H groups in total. The highest BCUT2D eigenvalue weighted by Gasteiger charge is 2.59. The van der Waals surface area contributed by atoms with Crippen LogP contribution in [0.25, 0.3) is 0 Å². The third kappa shape index (κ3) is 1.93. The zero-order valence-electron chi connectivity index (χ0n) is 9.37. The molecule has 0 heterocycles. The van der Waals surface area contributed by atoms with E-state index >= 15 is 0 Å². The Hall–Kier alpha value is 0.240. The van der Waals surface area contributed by atoms with E-state index in [1.807, 2.05) is 0 Å². The van der Waals surface area contributed by atoms with E-state index in [-0.39, 0.29) is 0 Å². The van der Waals surface area contributed by atoms with Crippen LogP contribution in [-0.4, -0.2) is 13.2 Å². The van der Waals surface area contributed by atoms with Gasteiger partial charge in [0, 0.05) is 10.7 Å². The van der Waals surface area contributed by atoms with Gasteiger partial charge in [0.15, 0.2) is 0 Å². The summed E-state index contributed by atoms with van der Waals surface area (Å²) in [5.74, 6) is 1.68. The van der Waals surface area contributed by atoms with Gasteiger partial charge in [0.1, 0.15) is 0 Å². The van der Waals surface area contributed by atoms with Gasteiger partial charge in [0.25, 0.3) is 0 Å². The summed E-state index contributed by atoms with van der Waals surface area (Å²) in [6.45, 7) is 4.49. The van der Waals surface area contributed by atoms with Gasteiger partial charge in [0.2, 0.25) is 9.05 Å². The molecule has 15 heavy (non-hydrogen) atoms. The van der Waals surface area contributed by atoms with Crippen molar-refractivity contribution in [3.63, 3.8) is 0 Å². The Kier molecular flexibility index (Phi) is 2.83. The first-order valence-electron chi connectivity index (χ1n) is 5.81. The van der Waals surface area contributed by atoms with E-state index in [1.165, 1.54) is 0 Å². The molecule has 2 fully saturated rings. The summed E-state index contributed by atoms with van der Waals surface area (Å²) in [5.41, 5.74) is 0. The first kappa shape index (κ1) is 11.7. The summed E-state index contributed by atoms with van der Waals surface area (Å²) in [5, 5.41) is 0. The maximum Gasteiger partial charge on any atom is 0.238 e. The van der Waals surface area contributed by atoms with Gasteiger partial charge in [-0.1, -0.05) is 20.3 Å². The van der Waals surface area contributed by atoms with Gasteiger partial charge in [0.05, 0.1) is 4.75 Å². The summed E-state index contributed by atoms with van der Waals surface area (Å²) in [6, 6.07) is 0. The molecule has 2 rings (SSSR count). The Morgan fingerprint density at radius 2 is 1.73 bits per heavy atom. The summed E-state index contributed by atoms with van der Waals surface area (Å²) in [6.07, 6.45) is 4.79. The van der Waals surface area contributed by atoms with E-state index < -0.39 is 13.8 Å². The molecule has 0 radical (unpaired) electrons. The number of hydrogen-bond donors (Lipinski definition) is 0. The lowest BCUT2D eigenvalue weighted by Gasteiger charge is -2.35. The second-order valence-electron chi connectivity index (χ2n) is 5.47. The topological polar surface area (TPSA) is 34.1 Å². The average molecular weight is 251 g/mol. The van der Waals surface area contributed by atoms with Crippen molar-refractivity contribution in [3.8, 4) is 0 Å². The van der Waals surface area contributed by atoms with Crippen molar-refractivity contribution in [2.75, 3.05) is 0 Å². The van der Waals surface area contributed by atoms with Crippen LogP contribution in [0.2, 0.25) is 0 Å². The fraction of sp³-hybridized carbons (Fsp3) is 1.00. The maximum absolute atomic E-state index is 11.6. The van der Waals surface area contributed by atoms with E-state index in [4.69, 9.17) is 10.7 Å². The van der Waals surface area contributed by atoms with E-state index in [0.29, 0.717) is 11.8 Å². The SMILES string of the molecule is CC1CCC(C2(S(=O)(=O)Cl)CC2)CC1C. The first-order chi connectivity index (χ1) is 6.87. The molecule has 3 unspecified atom stereocenters. The van der Waals surface area contributed by atoms with E-state index in [0.717, 1.165) is 38.0 Å². The average Bonchev–Trinajstić information content (AvgIpc) is 2.88. The molecule has 0 aromatic heterocycles. The number of rotatable bonds is 2. The zero-order valence-corrected chi connectivity index (χ0v) is 10.9. The summed E-state index contributed by atoms with van der Waals surface area (Å²) < 4.78 is 22.6. The number of halogens is 1. The fourth-order valence-electron chi connectivity index (χ4n) is 3.00. The molecule has 0 amide bonds. The van der Waals surface area contributed by atoms with E-state index in [2.05, 4.69) is 13.8 Å². The van der Waals surface area contributed by atoms with Crippen LogP contribution in [0.15, 0.2) is 0 Å². The van der Waals surface area contributed by atoms with Gasteiger partial charge in [-0.15, -0.1) is 0 Å². The van der Waals surface area contributed by atoms with Crippen LogP contribution in [0.3, 0.4) is 0 Å². The molecule has 0 bridgehead atoms. The third-order valence-electron chi connectivity index (χ3n) is 4.57. The molecule has 88 valence electrons. The Bertz CT molecular complexity index is 346. The van der Waals surface area contributed by atoms with Crippen LogP contribution in [-0.2, 0) is 9.05 Å². The lowest BCUT2D eigenvalue weighted by atomic mass is 9.74. The minimum absolute atomic E-state index is 0.311. The molecule has 4 heteroatoms. The largest absolute Gasteiger partial charge is 0.238 e. The normalized spacial score (nSPS) is 40.1. The molecule has 2 saturated carbocycles.